The highest BCUT2D eigenvalue weighted by atomic mass is 15.2. The number of hydrogen-bond acceptors (Lipinski definition) is 2. The van der Waals surface area contributed by atoms with Crippen molar-refractivity contribution in [3.8, 4) is 0 Å². The molecular formula is C9H20N2. The Balaban J connectivity index is 2.13. The van der Waals surface area contributed by atoms with E-state index in [0.717, 1.165) is 5.92 Å². The van der Waals surface area contributed by atoms with E-state index in [9.17, 15) is 0 Å². The van der Waals surface area contributed by atoms with E-state index in [4.69, 9.17) is 5.84 Å². The maximum atomic E-state index is 5.34. The fraction of sp³-hybridized carbons (Fsp3) is 1.00. The van der Waals surface area contributed by atoms with Crippen LogP contribution in [0.15, 0.2) is 0 Å². The molecule has 0 aromatic carbocycles. The zero-order chi connectivity index (χ0) is 8.10. The molecule has 0 aromatic heterocycles. The lowest BCUT2D eigenvalue weighted by atomic mass is 9.85. The van der Waals surface area contributed by atoms with E-state index < -0.39 is 0 Å². The van der Waals surface area contributed by atoms with Gasteiger partial charge >= 0.3 is 0 Å². The van der Waals surface area contributed by atoms with E-state index in [1.165, 1.54) is 38.5 Å². The zero-order valence-corrected chi connectivity index (χ0v) is 7.47. The molecule has 1 aliphatic carbocycles. The molecule has 1 atom stereocenters. The zero-order valence-electron chi connectivity index (χ0n) is 7.47. The van der Waals surface area contributed by atoms with Crippen LogP contribution in [0.4, 0.5) is 0 Å². The van der Waals surface area contributed by atoms with Crippen LogP contribution < -0.4 is 11.3 Å². The smallest absolute Gasteiger partial charge is 0.0184 e. The van der Waals surface area contributed by atoms with Gasteiger partial charge in [-0.3, -0.25) is 11.3 Å². The van der Waals surface area contributed by atoms with Crippen molar-refractivity contribution in [2.24, 2.45) is 11.8 Å². The molecule has 2 nitrogen and oxygen atoms in total. The third kappa shape index (κ3) is 3.21. The molecule has 0 amide bonds. The van der Waals surface area contributed by atoms with E-state index >= 15 is 0 Å². The highest BCUT2D eigenvalue weighted by Crippen LogP contribution is 2.26. The van der Waals surface area contributed by atoms with Crippen molar-refractivity contribution < 1.29 is 0 Å². The summed E-state index contributed by atoms with van der Waals surface area (Å²) >= 11 is 0. The largest absolute Gasteiger partial charge is 0.271 e. The Morgan fingerprint density at radius 3 is 2.55 bits per heavy atom. The minimum Gasteiger partial charge on any atom is -0.271 e. The van der Waals surface area contributed by atoms with Gasteiger partial charge in [0.25, 0.3) is 0 Å². The second-order valence-corrected chi connectivity index (χ2v) is 3.81. The van der Waals surface area contributed by atoms with Gasteiger partial charge in [0.1, 0.15) is 0 Å². The lowest BCUT2D eigenvalue weighted by Gasteiger charge is -2.24. The van der Waals surface area contributed by atoms with Crippen molar-refractivity contribution in [1.29, 1.82) is 0 Å². The predicted molar refractivity (Wildman–Crippen MR) is 48.0 cm³/mol. The Morgan fingerprint density at radius 2 is 2.00 bits per heavy atom. The molecular weight excluding hydrogens is 136 g/mol. The van der Waals surface area contributed by atoms with Gasteiger partial charge in [-0.05, 0) is 19.3 Å². The summed E-state index contributed by atoms with van der Waals surface area (Å²) < 4.78 is 0. The number of rotatable bonds is 3. The van der Waals surface area contributed by atoms with Gasteiger partial charge in [-0.1, -0.05) is 32.1 Å². The molecule has 11 heavy (non-hydrogen) atoms. The molecule has 0 radical (unpaired) electrons. The highest BCUT2D eigenvalue weighted by Gasteiger charge is 2.15. The van der Waals surface area contributed by atoms with Crippen LogP contribution in [0.25, 0.3) is 0 Å². The third-order valence-corrected chi connectivity index (χ3v) is 2.70. The normalized spacial score (nSPS) is 23.5. The van der Waals surface area contributed by atoms with E-state index in [2.05, 4.69) is 12.3 Å². The minimum atomic E-state index is 0.498. The van der Waals surface area contributed by atoms with Crippen LogP contribution in [0.5, 0.6) is 0 Å². The monoisotopic (exact) mass is 156 g/mol. The summed E-state index contributed by atoms with van der Waals surface area (Å²) in [6, 6.07) is 0.498. The summed E-state index contributed by atoms with van der Waals surface area (Å²) in [5.41, 5.74) is 2.81. The van der Waals surface area contributed by atoms with Crippen LogP contribution in [0, 0.1) is 5.92 Å². The van der Waals surface area contributed by atoms with E-state index in [1.54, 1.807) is 0 Å². The number of nitrogens with one attached hydrogen (secondary N) is 1. The Hall–Kier alpha value is -0.0800. The third-order valence-electron chi connectivity index (χ3n) is 2.70. The van der Waals surface area contributed by atoms with Gasteiger partial charge in [-0.25, -0.2) is 0 Å². The predicted octanol–water partition coefficient (Wildman–Crippen LogP) is 1.81. The van der Waals surface area contributed by atoms with Gasteiger partial charge in [-0.15, -0.1) is 0 Å². The summed E-state index contributed by atoms with van der Waals surface area (Å²) in [4.78, 5) is 0. The molecule has 3 N–H and O–H groups in total. The summed E-state index contributed by atoms with van der Waals surface area (Å²) in [6.07, 6.45) is 8.42. The van der Waals surface area contributed by atoms with Crippen LogP contribution in [0.1, 0.15) is 45.4 Å². The first-order chi connectivity index (χ1) is 5.33. The quantitative estimate of drug-likeness (QED) is 0.483. The van der Waals surface area contributed by atoms with E-state index in [1.807, 2.05) is 0 Å². The minimum absolute atomic E-state index is 0.498. The van der Waals surface area contributed by atoms with Gasteiger partial charge in [-0.2, -0.15) is 0 Å². The van der Waals surface area contributed by atoms with Gasteiger partial charge in [0.15, 0.2) is 0 Å². The molecule has 66 valence electrons. The first-order valence-electron chi connectivity index (χ1n) is 4.79. The highest BCUT2D eigenvalue weighted by molar-refractivity contribution is 4.70. The van der Waals surface area contributed by atoms with Gasteiger partial charge < -0.3 is 0 Å². The van der Waals surface area contributed by atoms with Crippen molar-refractivity contribution in [2.75, 3.05) is 0 Å². The van der Waals surface area contributed by atoms with Gasteiger partial charge in [0.2, 0.25) is 0 Å². The van der Waals surface area contributed by atoms with Crippen molar-refractivity contribution in [2.45, 2.75) is 51.5 Å². The maximum Gasteiger partial charge on any atom is 0.0184 e. The fourth-order valence-corrected chi connectivity index (χ4v) is 1.99. The number of hydrogen-bond donors (Lipinski definition) is 2. The molecule has 0 unspecified atom stereocenters. The maximum absolute atomic E-state index is 5.34. The first-order valence-corrected chi connectivity index (χ1v) is 4.79. The molecule has 1 fully saturated rings. The Labute approximate surface area is 69.5 Å². The second-order valence-electron chi connectivity index (χ2n) is 3.81. The average Bonchev–Trinajstić information content (AvgIpc) is 2.06. The van der Waals surface area contributed by atoms with Crippen molar-refractivity contribution in [3.63, 3.8) is 0 Å². The van der Waals surface area contributed by atoms with Crippen molar-refractivity contribution >= 4 is 0 Å². The summed E-state index contributed by atoms with van der Waals surface area (Å²) in [7, 11) is 0. The fourth-order valence-electron chi connectivity index (χ4n) is 1.99. The summed E-state index contributed by atoms with van der Waals surface area (Å²) in [6.45, 7) is 2.16. The SMILES string of the molecule is C[C@H](CC1CCCCC1)NN. The van der Waals surface area contributed by atoms with Gasteiger partial charge in [0, 0.05) is 6.04 Å². The Bertz CT molecular complexity index is 97.7. The number of hydrazine groups is 1. The van der Waals surface area contributed by atoms with Crippen LogP contribution >= 0.6 is 0 Å². The molecule has 0 aliphatic heterocycles. The molecule has 0 heterocycles. The van der Waals surface area contributed by atoms with Crippen molar-refractivity contribution in [1.82, 2.24) is 5.43 Å². The Morgan fingerprint density at radius 1 is 1.36 bits per heavy atom. The second kappa shape index (κ2) is 4.73. The molecule has 1 aliphatic rings. The lowest BCUT2D eigenvalue weighted by Crippen LogP contribution is -2.34. The summed E-state index contributed by atoms with van der Waals surface area (Å²) in [5, 5.41) is 0. The molecule has 0 bridgehead atoms. The number of nitrogens with two attached hydrogens (primary N) is 1. The molecule has 2 heteroatoms. The Kier molecular flexibility index (Phi) is 3.87. The summed E-state index contributed by atoms with van der Waals surface area (Å²) in [5.74, 6) is 6.28. The topological polar surface area (TPSA) is 38.0 Å². The van der Waals surface area contributed by atoms with Crippen LogP contribution in [-0.4, -0.2) is 6.04 Å². The van der Waals surface area contributed by atoms with Crippen LogP contribution in [-0.2, 0) is 0 Å². The lowest BCUT2D eigenvalue weighted by molar-refractivity contribution is 0.306. The van der Waals surface area contributed by atoms with E-state index in [-0.39, 0.29) is 0 Å². The molecule has 0 saturated heterocycles. The molecule has 0 spiro atoms. The molecule has 1 saturated carbocycles. The van der Waals surface area contributed by atoms with Crippen molar-refractivity contribution in [3.05, 3.63) is 0 Å². The van der Waals surface area contributed by atoms with E-state index in [0.29, 0.717) is 6.04 Å². The molecule has 1 rings (SSSR count). The molecule has 0 aromatic rings. The van der Waals surface area contributed by atoms with Gasteiger partial charge in [0.05, 0.1) is 0 Å². The standard InChI is InChI=1S/C9H20N2/c1-8(11-10)7-9-5-3-2-4-6-9/h8-9,11H,2-7,10H2,1H3/t8-/m1/s1. The van der Waals surface area contributed by atoms with Crippen LogP contribution in [0.3, 0.4) is 0 Å². The average molecular weight is 156 g/mol. The first kappa shape index (κ1) is 9.01. The van der Waals surface area contributed by atoms with Crippen LogP contribution in [0.2, 0.25) is 0 Å².